The van der Waals surface area contributed by atoms with Crippen LogP contribution < -0.4 is 4.90 Å². The number of hydrogen-bond donors (Lipinski definition) is 1. The Morgan fingerprint density at radius 2 is 1.91 bits per heavy atom. The van der Waals surface area contributed by atoms with E-state index in [1.165, 1.54) is 11.0 Å². The lowest BCUT2D eigenvalue weighted by Gasteiger charge is -2.60. The lowest BCUT2D eigenvalue weighted by atomic mass is 9.60. The highest BCUT2D eigenvalue weighted by Gasteiger charge is 2.55. The molecule has 0 aromatic heterocycles. The summed E-state index contributed by atoms with van der Waals surface area (Å²) < 4.78 is 5.16. The van der Waals surface area contributed by atoms with Crippen LogP contribution in [0.1, 0.15) is 44.0 Å². The number of carboxylic acid groups (broad SMARTS) is 1. The van der Waals surface area contributed by atoms with Gasteiger partial charge < -0.3 is 19.6 Å². The van der Waals surface area contributed by atoms with Crippen LogP contribution in [0.4, 0.5) is 16.2 Å². The predicted molar refractivity (Wildman–Crippen MR) is 132 cm³/mol. The third-order valence-corrected chi connectivity index (χ3v) is 6.88. The first kappa shape index (κ1) is 24.5. The summed E-state index contributed by atoms with van der Waals surface area (Å²) in [6.07, 6.45) is 0.731. The Bertz CT molecular complexity index is 1130. The fraction of sp³-hybridized carbons (Fsp3) is 0.462. The third kappa shape index (κ3) is 4.80. The molecule has 1 heterocycles. The molecular weight excluding hydrogens is 450 g/mol. The number of carbonyl (C=O) groups is 2. The summed E-state index contributed by atoms with van der Waals surface area (Å²) in [5.74, 6) is -0.181. The molecule has 1 aliphatic carbocycles. The average molecular weight is 482 g/mol. The molecule has 0 atom stereocenters. The van der Waals surface area contributed by atoms with E-state index in [0.29, 0.717) is 42.0 Å². The zero-order valence-electron chi connectivity index (χ0n) is 20.3. The first-order valence-electron chi connectivity index (χ1n) is 11.9. The minimum atomic E-state index is -0.896. The second-order valence-electron chi connectivity index (χ2n) is 9.97. The molecule has 4 rings (SSSR count). The number of hydrogen-bond acceptors (Lipinski definition) is 6. The molecule has 35 heavy (non-hydrogen) atoms. The van der Waals surface area contributed by atoms with Crippen LogP contribution in [-0.2, 0) is 4.74 Å². The van der Waals surface area contributed by atoms with Crippen molar-refractivity contribution in [3.63, 3.8) is 0 Å². The van der Waals surface area contributed by atoms with Crippen molar-refractivity contribution in [2.45, 2.75) is 39.7 Å². The average Bonchev–Trinajstić information content (AvgIpc) is 2.75. The van der Waals surface area contributed by atoms with Crippen molar-refractivity contribution in [2.75, 3.05) is 31.1 Å². The number of esters is 1. The van der Waals surface area contributed by atoms with Gasteiger partial charge in [0.15, 0.2) is 0 Å². The minimum absolute atomic E-state index is 0.00835. The summed E-state index contributed by atoms with van der Waals surface area (Å²) in [7, 11) is 0. The lowest BCUT2D eigenvalue weighted by Crippen LogP contribution is -2.67. The molecule has 186 valence electrons. The predicted octanol–water partition coefficient (Wildman–Crippen LogP) is 5.04. The second kappa shape index (κ2) is 9.56. The van der Waals surface area contributed by atoms with Crippen molar-refractivity contribution in [2.24, 2.45) is 11.3 Å². The Hall–Kier alpha value is -3.62. The topological polar surface area (TPSA) is 113 Å². The Labute approximate surface area is 204 Å². The SMILES string of the molecule is CCOC(=O)c1ccccc1-c1ccc(N(CC(C)C)C2CC3(C2)CN(C(=O)O)C3)c([N+](=O)[O-])c1. The Morgan fingerprint density at radius 3 is 2.51 bits per heavy atom. The number of likely N-dealkylation sites (tertiary alicyclic amines) is 1. The number of nitrogens with zero attached hydrogens (tertiary/aromatic N) is 3. The van der Waals surface area contributed by atoms with Crippen molar-refractivity contribution in [1.29, 1.82) is 0 Å². The van der Waals surface area contributed by atoms with Gasteiger partial charge in [0.05, 0.1) is 17.1 Å². The van der Waals surface area contributed by atoms with Gasteiger partial charge in [-0.3, -0.25) is 10.1 Å². The number of rotatable bonds is 8. The minimum Gasteiger partial charge on any atom is -0.465 e. The van der Waals surface area contributed by atoms with Gasteiger partial charge in [0.25, 0.3) is 5.69 Å². The molecule has 9 heteroatoms. The standard InChI is InChI=1S/C26H31N3O6/c1-4-35-24(30)21-8-6-5-7-20(21)18-9-10-22(23(11-18)29(33)34)28(14-17(2)3)19-12-26(13-19)15-27(16-26)25(31)32/h5-11,17,19H,4,12-16H2,1-3H3,(H,31,32). The van der Waals surface area contributed by atoms with Gasteiger partial charge in [-0.1, -0.05) is 38.1 Å². The fourth-order valence-corrected chi connectivity index (χ4v) is 5.36. The van der Waals surface area contributed by atoms with Crippen molar-refractivity contribution < 1.29 is 24.4 Å². The first-order valence-corrected chi connectivity index (χ1v) is 11.9. The van der Waals surface area contributed by atoms with Crippen LogP contribution in [0, 0.1) is 21.4 Å². The van der Waals surface area contributed by atoms with Gasteiger partial charge in [-0.2, -0.15) is 0 Å². The largest absolute Gasteiger partial charge is 0.465 e. The molecule has 1 aliphatic heterocycles. The quantitative estimate of drug-likeness (QED) is 0.319. The zero-order chi connectivity index (χ0) is 25.3. The normalized spacial score (nSPS) is 16.5. The summed E-state index contributed by atoms with van der Waals surface area (Å²) in [5, 5.41) is 21.3. The fourth-order valence-electron chi connectivity index (χ4n) is 5.36. The van der Waals surface area contributed by atoms with Gasteiger partial charge >= 0.3 is 12.1 Å². The zero-order valence-corrected chi connectivity index (χ0v) is 20.3. The van der Waals surface area contributed by atoms with Crippen LogP contribution >= 0.6 is 0 Å². The van der Waals surface area contributed by atoms with Gasteiger partial charge in [0.1, 0.15) is 5.69 Å². The molecule has 1 N–H and O–H groups in total. The highest BCUT2D eigenvalue weighted by molar-refractivity contribution is 5.97. The molecule has 9 nitrogen and oxygen atoms in total. The van der Waals surface area contributed by atoms with E-state index in [4.69, 9.17) is 9.84 Å². The van der Waals surface area contributed by atoms with E-state index in [1.807, 2.05) is 6.07 Å². The van der Waals surface area contributed by atoms with E-state index in [-0.39, 0.29) is 34.6 Å². The monoisotopic (exact) mass is 481 g/mol. The van der Waals surface area contributed by atoms with Crippen molar-refractivity contribution in [3.8, 4) is 11.1 Å². The summed E-state index contributed by atoms with van der Waals surface area (Å²) in [6.45, 7) is 7.84. The summed E-state index contributed by atoms with van der Waals surface area (Å²) in [5.41, 5.74) is 2.06. The van der Waals surface area contributed by atoms with E-state index >= 15 is 0 Å². The molecule has 2 fully saturated rings. The molecule has 2 aromatic rings. The van der Waals surface area contributed by atoms with Crippen LogP contribution in [-0.4, -0.2) is 59.3 Å². The summed E-state index contributed by atoms with van der Waals surface area (Å²) in [4.78, 5) is 38.9. The van der Waals surface area contributed by atoms with Crippen LogP contribution in [0.5, 0.6) is 0 Å². The Morgan fingerprint density at radius 1 is 1.23 bits per heavy atom. The number of benzene rings is 2. The Kier molecular flexibility index (Phi) is 6.69. The molecule has 1 saturated heterocycles. The third-order valence-electron chi connectivity index (χ3n) is 6.88. The van der Waals surface area contributed by atoms with Gasteiger partial charge in [-0.25, -0.2) is 9.59 Å². The van der Waals surface area contributed by atoms with Crippen LogP contribution in [0.3, 0.4) is 0 Å². The van der Waals surface area contributed by atoms with E-state index < -0.39 is 12.1 Å². The number of amides is 1. The lowest BCUT2D eigenvalue weighted by molar-refractivity contribution is -0.384. The molecule has 0 unspecified atom stereocenters. The van der Waals surface area contributed by atoms with E-state index in [1.54, 1.807) is 37.3 Å². The summed E-state index contributed by atoms with van der Waals surface area (Å²) in [6, 6.07) is 12.2. The number of ether oxygens (including phenoxy) is 1. The van der Waals surface area contributed by atoms with E-state index in [9.17, 15) is 19.7 Å². The maximum atomic E-state index is 12.4. The molecule has 2 aromatic carbocycles. The van der Waals surface area contributed by atoms with Gasteiger partial charge in [-0.15, -0.1) is 0 Å². The number of nitro benzene ring substituents is 1. The first-order chi connectivity index (χ1) is 16.6. The highest BCUT2D eigenvalue weighted by atomic mass is 16.6. The van der Waals surface area contributed by atoms with Gasteiger partial charge in [0, 0.05) is 37.2 Å². The molecule has 1 saturated carbocycles. The molecule has 0 radical (unpaired) electrons. The Balaban J connectivity index is 1.65. The molecule has 2 aliphatic rings. The van der Waals surface area contributed by atoms with E-state index in [2.05, 4.69) is 18.7 Å². The van der Waals surface area contributed by atoms with Crippen molar-refractivity contribution in [1.82, 2.24) is 4.90 Å². The molecular formula is C26H31N3O6. The number of anilines is 1. The van der Waals surface area contributed by atoms with Crippen LogP contribution in [0.2, 0.25) is 0 Å². The number of nitro groups is 1. The maximum absolute atomic E-state index is 12.4. The molecule has 1 amide bonds. The number of carbonyl (C=O) groups excluding carboxylic acids is 1. The molecule has 0 bridgehead atoms. The smallest absolute Gasteiger partial charge is 0.407 e. The summed E-state index contributed by atoms with van der Waals surface area (Å²) >= 11 is 0. The van der Waals surface area contributed by atoms with Gasteiger partial charge in [0.2, 0.25) is 0 Å². The maximum Gasteiger partial charge on any atom is 0.407 e. The van der Waals surface area contributed by atoms with Crippen LogP contribution in [0.15, 0.2) is 42.5 Å². The highest BCUT2D eigenvalue weighted by Crippen LogP contribution is 2.52. The van der Waals surface area contributed by atoms with Crippen molar-refractivity contribution in [3.05, 3.63) is 58.1 Å². The van der Waals surface area contributed by atoms with Crippen molar-refractivity contribution >= 4 is 23.4 Å². The van der Waals surface area contributed by atoms with Crippen LogP contribution in [0.25, 0.3) is 11.1 Å². The molecule has 1 spiro atoms. The van der Waals surface area contributed by atoms with E-state index in [0.717, 1.165) is 12.8 Å². The van der Waals surface area contributed by atoms with Gasteiger partial charge in [-0.05, 0) is 48.9 Å². The second-order valence-corrected chi connectivity index (χ2v) is 9.97.